The van der Waals surface area contributed by atoms with Gasteiger partial charge in [-0.15, -0.1) is 17.0 Å². The predicted octanol–water partition coefficient (Wildman–Crippen LogP) is 2.45. The molecule has 1 unspecified atom stereocenters. The van der Waals surface area contributed by atoms with Crippen LogP contribution < -0.4 is 10.1 Å². The molecule has 6 heteroatoms. The Labute approximate surface area is 151 Å². The summed E-state index contributed by atoms with van der Waals surface area (Å²) in [6.45, 7) is 4.47. The average Bonchev–Trinajstić information content (AvgIpc) is 2.45. The summed E-state index contributed by atoms with van der Waals surface area (Å²) in [6.07, 6.45) is 0.694. The molecule has 0 aliphatic heterocycles. The number of carbonyl (C=O) groups is 1. The Morgan fingerprint density at radius 2 is 1.90 bits per heavy atom. The molecule has 1 aromatic carbocycles. The summed E-state index contributed by atoms with van der Waals surface area (Å²) in [6, 6.07) is 10.2. The van der Waals surface area contributed by atoms with Gasteiger partial charge in [-0.3, -0.25) is 0 Å². The van der Waals surface area contributed by atoms with Gasteiger partial charge < -0.3 is 28.5 Å². The van der Waals surface area contributed by atoms with Gasteiger partial charge >= 0.3 is 55.9 Å². The van der Waals surface area contributed by atoms with Crippen LogP contribution in [0.3, 0.4) is 0 Å². The van der Waals surface area contributed by atoms with Crippen molar-refractivity contribution in [2.24, 2.45) is 11.7 Å². The number of amides is 1. The molecule has 0 heterocycles. The van der Waals surface area contributed by atoms with Crippen LogP contribution in [-0.4, -0.2) is 39.7 Å². The zero-order chi connectivity index (χ0) is 15.4. The van der Waals surface area contributed by atoms with Crippen molar-refractivity contribution in [3.8, 4) is 0 Å². The van der Waals surface area contributed by atoms with Crippen LogP contribution in [0.5, 0.6) is 0 Å². The Balaban J connectivity index is 0. The summed E-state index contributed by atoms with van der Waals surface area (Å²) in [7, 11) is 0. The van der Waals surface area contributed by atoms with Crippen LogP contribution in [0.15, 0.2) is 30.3 Å². The number of rotatable bonds is 6. The van der Waals surface area contributed by atoms with E-state index in [9.17, 15) is 4.79 Å². The van der Waals surface area contributed by atoms with Crippen LogP contribution >= 0.6 is 17.0 Å². The first-order chi connectivity index (χ1) is 9.51. The van der Waals surface area contributed by atoms with Crippen LogP contribution in [-0.2, 0) is 17.4 Å². The molecular weight excluding hydrogens is 409 g/mol. The summed E-state index contributed by atoms with van der Waals surface area (Å²) < 4.78 is 1.53. The van der Waals surface area contributed by atoms with E-state index in [0.717, 1.165) is 0 Å². The third-order valence-electron chi connectivity index (χ3n) is 2.46. The first-order valence-corrected chi connectivity index (χ1v) is 10.5. The van der Waals surface area contributed by atoms with Crippen molar-refractivity contribution in [3.63, 3.8) is 0 Å². The molecule has 0 bridgehead atoms. The fourth-order valence-electron chi connectivity index (χ4n) is 1.49. The average molecular weight is 434 g/mol. The molecule has 0 aliphatic carbocycles. The molecule has 2 N–H and O–H groups in total. The van der Waals surface area contributed by atoms with E-state index in [1.807, 2.05) is 13.8 Å². The van der Waals surface area contributed by atoms with E-state index in [2.05, 4.69) is 54.0 Å². The molecule has 1 rings (SSSR count). The molecule has 2 radical (unpaired) electrons. The summed E-state index contributed by atoms with van der Waals surface area (Å²) in [5, 5.41) is 3.73. The topological polar surface area (TPSA) is 57.2 Å². The van der Waals surface area contributed by atoms with Crippen molar-refractivity contribution < 1.29 is 4.79 Å². The van der Waals surface area contributed by atoms with E-state index >= 15 is 0 Å². The van der Waals surface area contributed by atoms with Crippen LogP contribution in [0.4, 0.5) is 0 Å². The Kier molecular flexibility index (Phi) is 16.6. The second-order valence-electron chi connectivity index (χ2n) is 4.78. The number of hydrogen-bond acceptors (Lipinski definition) is 3. The predicted molar refractivity (Wildman–Crippen MR) is 101 cm³/mol. The van der Waals surface area contributed by atoms with E-state index in [1.165, 1.54) is 4.40 Å². The Morgan fingerprint density at radius 3 is 2.29 bits per heavy atom. The van der Waals surface area contributed by atoms with E-state index in [4.69, 9.17) is 5.73 Å². The molecule has 3 nitrogen and oxygen atoms in total. The standard InChI is InChI=1S/C8H18N2OS.C7H8Ge.BrH/c1-6(2)5-7(9)8(11)10-3-4-12;1-8-7-5-3-2-4-6-7;/h6-7H,3-5,9H2,1-2H3,(H2,10,11,12);2-6H,1H3;1H/p-2. The first-order valence-electron chi connectivity index (χ1n) is 6.79. The second-order valence-corrected chi connectivity index (χ2v) is 7.44. The second kappa shape index (κ2) is 14.9. The van der Waals surface area contributed by atoms with Crippen molar-refractivity contribution in [1.82, 2.24) is 0 Å². The van der Waals surface area contributed by atoms with Gasteiger partial charge in [-0.25, -0.2) is 0 Å². The van der Waals surface area contributed by atoms with Crippen molar-refractivity contribution in [2.75, 3.05) is 12.3 Å². The third-order valence-corrected chi connectivity index (χ3v) is 4.56. The van der Waals surface area contributed by atoms with Gasteiger partial charge in [0.25, 0.3) is 0 Å². The molecule has 0 fully saturated rings. The molecule has 0 saturated heterocycles. The fraction of sp³-hybridized carbons (Fsp3) is 0.533. The minimum atomic E-state index is -0.438. The maximum absolute atomic E-state index is 11.1. The summed E-state index contributed by atoms with van der Waals surface area (Å²) in [5.41, 5.74) is 5.58. The molecule has 0 aromatic heterocycles. The molecule has 21 heavy (non-hydrogen) atoms. The number of halogens is 1. The number of nitrogens with zero attached hydrogens (tertiary/aromatic N) is 1. The molecule has 1 atom stereocenters. The molecule has 1 aromatic rings. The van der Waals surface area contributed by atoms with Crippen molar-refractivity contribution in [1.29, 1.82) is 0 Å². The third kappa shape index (κ3) is 13.4. The monoisotopic (exact) mass is 434 g/mol. The zero-order valence-corrected chi connectivity index (χ0v) is 17.5. The van der Waals surface area contributed by atoms with Gasteiger partial charge in [0.15, 0.2) is 0 Å². The normalized spacial score (nSPS) is 11.0. The van der Waals surface area contributed by atoms with Crippen molar-refractivity contribution in [3.05, 3.63) is 35.6 Å². The maximum atomic E-state index is 11.1. The minimum absolute atomic E-state index is 0. The van der Waals surface area contributed by atoms with E-state index < -0.39 is 6.04 Å². The summed E-state index contributed by atoms with van der Waals surface area (Å²) in [4.78, 5) is 11.1. The molecule has 0 aliphatic rings. The number of hydrogen-bond donors (Lipinski definition) is 1. The molecule has 1 amide bonds. The zero-order valence-electron chi connectivity index (χ0n) is 12.9. The van der Waals surface area contributed by atoms with E-state index in [-0.39, 0.29) is 38.3 Å². The summed E-state index contributed by atoms with van der Waals surface area (Å²) in [5.74, 6) is 2.99. The van der Waals surface area contributed by atoms with Gasteiger partial charge in [-0.1, -0.05) is 13.8 Å². The number of nitrogens with two attached hydrogens (primary N) is 1. The van der Waals surface area contributed by atoms with E-state index in [0.29, 0.717) is 24.6 Å². The molecular formula is C15H25BrGeN2OS-2. The summed E-state index contributed by atoms with van der Waals surface area (Å²) >= 11 is 4.85. The van der Waals surface area contributed by atoms with Crippen molar-refractivity contribution >= 4 is 55.3 Å². The molecule has 0 spiro atoms. The van der Waals surface area contributed by atoms with E-state index in [1.54, 1.807) is 0 Å². The van der Waals surface area contributed by atoms with Gasteiger partial charge in [0.05, 0.1) is 5.91 Å². The SMILES string of the molecule is Br.CC(C)CC(N)C(=O)[N-]CC[S-].[CH3][Ge][c]1ccccc1. The van der Waals surface area contributed by atoms with Crippen LogP contribution in [0.2, 0.25) is 5.76 Å². The van der Waals surface area contributed by atoms with Gasteiger partial charge in [-0.05, 0) is 12.3 Å². The van der Waals surface area contributed by atoms with Gasteiger partial charge in [0.2, 0.25) is 0 Å². The van der Waals surface area contributed by atoms with Gasteiger partial charge in [0, 0.05) is 6.04 Å². The van der Waals surface area contributed by atoms with Gasteiger partial charge in [0.1, 0.15) is 0 Å². The molecule has 0 saturated carbocycles. The Hall–Kier alpha value is 0.0229. The first kappa shape index (κ1) is 23.3. The van der Waals surface area contributed by atoms with Crippen LogP contribution in [0, 0.1) is 5.92 Å². The Morgan fingerprint density at radius 1 is 1.33 bits per heavy atom. The van der Waals surface area contributed by atoms with Crippen LogP contribution in [0.25, 0.3) is 5.32 Å². The molecule has 120 valence electrons. The number of carbonyl (C=O) groups excluding carboxylic acids is 1. The van der Waals surface area contributed by atoms with Gasteiger partial charge in [-0.2, -0.15) is 12.3 Å². The number of benzene rings is 1. The van der Waals surface area contributed by atoms with Crippen molar-refractivity contribution in [2.45, 2.75) is 32.1 Å². The quantitative estimate of drug-likeness (QED) is 0.553. The fourth-order valence-corrected chi connectivity index (χ4v) is 2.68. The van der Waals surface area contributed by atoms with Crippen LogP contribution in [0.1, 0.15) is 20.3 Å². The Bertz CT molecular complexity index is 366.